The third-order valence-electron chi connectivity index (χ3n) is 5.70. The molecule has 28 heavy (non-hydrogen) atoms. The summed E-state index contributed by atoms with van der Waals surface area (Å²) in [6.45, 7) is 12.1. The van der Waals surface area contributed by atoms with Gasteiger partial charge in [0.05, 0.1) is 5.60 Å². The van der Waals surface area contributed by atoms with E-state index >= 15 is 0 Å². The van der Waals surface area contributed by atoms with E-state index < -0.39 is 11.4 Å². The summed E-state index contributed by atoms with van der Waals surface area (Å²) in [6.07, 6.45) is 0.957. The minimum atomic E-state index is -1.43. The molecule has 4 heteroatoms. The standard InChI is InChI=1S/C24H32O4/c1-7-22(2,3)20-21(27-20)26-19-15-13-18(14-16-19)24(6,25)28-23(4,5)17-11-9-8-10-12-17/h8-16,20-21,25H,7H2,1-6H3. The Labute approximate surface area is 168 Å². The predicted octanol–water partition coefficient (Wildman–Crippen LogP) is 5.34. The van der Waals surface area contributed by atoms with Gasteiger partial charge in [-0.1, -0.05) is 51.1 Å². The maximum atomic E-state index is 11.0. The molecule has 1 aliphatic heterocycles. The molecule has 1 N–H and O–H groups in total. The monoisotopic (exact) mass is 384 g/mol. The third kappa shape index (κ3) is 4.57. The predicted molar refractivity (Wildman–Crippen MR) is 110 cm³/mol. The molecule has 2 aromatic rings. The largest absolute Gasteiger partial charge is 0.462 e. The van der Waals surface area contributed by atoms with Crippen molar-refractivity contribution < 1.29 is 19.3 Å². The number of hydrogen-bond donors (Lipinski definition) is 1. The summed E-state index contributed by atoms with van der Waals surface area (Å²) in [7, 11) is 0. The lowest BCUT2D eigenvalue weighted by Gasteiger charge is -2.35. The fourth-order valence-electron chi connectivity index (χ4n) is 3.37. The van der Waals surface area contributed by atoms with Crippen LogP contribution < -0.4 is 4.74 Å². The van der Waals surface area contributed by atoms with Gasteiger partial charge in [-0.05, 0) is 62.4 Å². The van der Waals surface area contributed by atoms with E-state index in [2.05, 4.69) is 20.8 Å². The molecule has 3 rings (SSSR count). The zero-order valence-corrected chi connectivity index (χ0v) is 17.7. The SMILES string of the molecule is CCC(C)(C)C1OC1Oc1ccc(C(C)(O)OC(C)(C)c2ccccc2)cc1. The number of aliphatic hydroxyl groups is 1. The Balaban J connectivity index is 1.65. The quantitative estimate of drug-likeness (QED) is 0.493. The van der Waals surface area contributed by atoms with Crippen LogP contribution in [-0.4, -0.2) is 17.5 Å². The first kappa shape index (κ1) is 20.8. The molecule has 3 unspecified atom stereocenters. The Morgan fingerprint density at radius 1 is 0.893 bits per heavy atom. The van der Waals surface area contributed by atoms with E-state index in [1.807, 2.05) is 68.4 Å². The van der Waals surface area contributed by atoms with Crippen LogP contribution in [0.2, 0.25) is 0 Å². The zero-order valence-electron chi connectivity index (χ0n) is 17.7. The van der Waals surface area contributed by atoms with Gasteiger partial charge in [-0.25, -0.2) is 0 Å². The lowest BCUT2D eigenvalue weighted by atomic mass is 9.86. The highest BCUT2D eigenvalue weighted by Crippen LogP contribution is 2.42. The van der Waals surface area contributed by atoms with Crippen LogP contribution in [0.1, 0.15) is 59.1 Å². The van der Waals surface area contributed by atoms with Gasteiger partial charge in [0.1, 0.15) is 11.9 Å². The average Bonchev–Trinajstić information content (AvgIpc) is 3.42. The number of benzene rings is 2. The molecule has 1 heterocycles. The van der Waals surface area contributed by atoms with Gasteiger partial charge < -0.3 is 19.3 Å². The van der Waals surface area contributed by atoms with E-state index in [0.29, 0.717) is 5.56 Å². The van der Waals surface area contributed by atoms with Crippen LogP contribution in [0.25, 0.3) is 0 Å². The highest BCUT2D eigenvalue weighted by Gasteiger charge is 2.51. The van der Waals surface area contributed by atoms with E-state index in [9.17, 15) is 5.11 Å². The van der Waals surface area contributed by atoms with Gasteiger partial charge in [0, 0.05) is 5.56 Å². The Morgan fingerprint density at radius 3 is 2.07 bits per heavy atom. The van der Waals surface area contributed by atoms with Crippen molar-refractivity contribution in [1.82, 2.24) is 0 Å². The zero-order chi connectivity index (χ0) is 20.6. The normalized spacial score (nSPS) is 21.8. The first-order chi connectivity index (χ1) is 13.0. The van der Waals surface area contributed by atoms with Crippen LogP contribution in [0.4, 0.5) is 0 Å². The Morgan fingerprint density at radius 2 is 1.50 bits per heavy atom. The summed E-state index contributed by atoms with van der Waals surface area (Å²) in [4.78, 5) is 0. The second kappa shape index (κ2) is 7.51. The molecule has 1 fully saturated rings. The fourth-order valence-corrected chi connectivity index (χ4v) is 3.37. The van der Waals surface area contributed by atoms with Crippen molar-refractivity contribution in [1.29, 1.82) is 0 Å². The van der Waals surface area contributed by atoms with E-state index in [1.54, 1.807) is 6.92 Å². The van der Waals surface area contributed by atoms with Gasteiger partial charge in [-0.2, -0.15) is 0 Å². The van der Waals surface area contributed by atoms with Crippen molar-refractivity contribution in [2.75, 3.05) is 0 Å². The van der Waals surface area contributed by atoms with Crippen LogP contribution in [-0.2, 0) is 20.9 Å². The molecular weight excluding hydrogens is 352 g/mol. The molecule has 0 aliphatic carbocycles. The highest BCUT2D eigenvalue weighted by molar-refractivity contribution is 5.30. The maximum absolute atomic E-state index is 11.0. The van der Waals surface area contributed by atoms with Gasteiger partial charge in [0.15, 0.2) is 5.79 Å². The first-order valence-corrected chi connectivity index (χ1v) is 9.96. The Bertz CT molecular complexity index is 778. The molecule has 3 atom stereocenters. The molecule has 4 nitrogen and oxygen atoms in total. The minimum absolute atomic E-state index is 0.102. The van der Waals surface area contributed by atoms with Crippen molar-refractivity contribution in [2.45, 2.75) is 71.7 Å². The second-order valence-corrected chi connectivity index (χ2v) is 8.87. The number of rotatable bonds is 8. The molecule has 2 aromatic carbocycles. The van der Waals surface area contributed by atoms with E-state index in [-0.39, 0.29) is 17.8 Å². The molecule has 152 valence electrons. The summed E-state index contributed by atoms with van der Waals surface area (Å²) in [5.74, 6) is -0.706. The molecule has 1 saturated heterocycles. The van der Waals surface area contributed by atoms with E-state index in [1.165, 1.54) is 0 Å². The van der Waals surface area contributed by atoms with E-state index in [4.69, 9.17) is 14.2 Å². The molecular formula is C24H32O4. The lowest BCUT2D eigenvalue weighted by molar-refractivity contribution is -0.259. The van der Waals surface area contributed by atoms with Crippen LogP contribution in [0.3, 0.4) is 0 Å². The van der Waals surface area contributed by atoms with Crippen molar-refractivity contribution in [3.05, 3.63) is 65.7 Å². The Hall–Kier alpha value is -1.88. The van der Waals surface area contributed by atoms with Crippen molar-refractivity contribution in [3.8, 4) is 5.75 Å². The second-order valence-electron chi connectivity index (χ2n) is 8.87. The minimum Gasteiger partial charge on any atom is -0.462 e. The third-order valence-corrected chi connectivity index (χ3v) is 5.70. The van der Waals surface area contributed by atoms with Gasteiger partial charge >= 0.3 is 0 Å². The topological polar surface area (TPSA) is 51.2 Å². The highest BCUT2D eigenvalue weighted by atomic mass is 16.8. The van der Waals surface area contributed by atoms with Crippen molar-refractivity contribution in [3.63, 3.8) is 0 Å². The fraction of sp³-hybridized carbons (Fsp3) is 0.500. The number of ether oxygens (including phenoxy) is 3. The average molecular weight is 385 g/mol. The van der Waals surface area contributed by atoms with Crippen LogP contribution in [0, 0.1) is 5.41 Å². The summed E-state index contributed by atoms with van der Waals surface area (Å²) < 4.78 is 17.7. The number of hydrogen-bond acceptors (Lipinski definition) is 4. The summed E-state index contributed by atoms with van der Waals surface area (Å²) in [5.41, 5.74) is 1.14. The smallest absolute Gasteiger partial charge is 0.227 e. The molecule has 0 saturated carbocycles. The summed E-state index contributed by atoms with van der Waals surface area (Å²) in [6, 6.07) is 17.3. The first-order valence-electron chi connectivity index (χ1n) is 9.96. The Kier molecular flexibility index (Phi) is 5.59. The molecule has 0 radical (unpaired) electrons. The number of epoxide rings is 1. The van der Waals surface area contributed by atoms with Gasteiger partial charge in [0.2, 0.25) is 6.29 Å². The summed E-state index contributed by atoms with van der Waals surface area (Å²) in [5, 5.41) is 11.0. The molecule has 0 spiro atoms. The van der Waals surface area contributed by atoms with Gasteiger partial charge in [-0.3, -0.25) is 0 Å². The van der Waals surface area contributed by atoms with Crippen LogP contribution in [0.15, 0.2) is 54.6 Å². The molecule has 0 bridgehead atoms. The van der Waals surface area contributed by atoms with E-state index in [0.717, 1.165) is 17.7 Å². The molecule has 1 aliphatic rings. The van der Waals surface area contributed by atoms with Crippen molar-refractivity contribution in [2.24, 2.45) is 5.41 Å². The summed E-state index contributed by atoms with van der Waals surface area (Å²) >= 11 is 0. The van der Waals surface area contributed by atoms with Gasteiger partial charge in [0.25, 0.3) is 0 Å². The lowest BCUT2D eigenvalue weighted by Crippen LogP contribution is -2.35. The van der Waals surface area contributed by atoms with Crippen LogP contribution >= 0.6 is 0 Å². The maximum Gasteiger partial charge on any atom is 0.227 e. The molecule has 0 aromatic heterocycles. The van der Waals surface area contributed by atoms with Crippen LogP contribution in [0.5, 0.6) is 5.75 Å². The van der Waals surface area contributed by atoms with Gasteiger partial charge in [-0.15, -0.1) is 0 Å². The van der Waals surface area contributed by atoms with Crippen molar-refractivity contribution >= 4 is 0 Å². The molecule has 0 amide bonds.